The number of halogens is 1. The minimum Gasteiger partial charge on any atom is -0.444 e. The standard InChI is InChI=1S/C18H25ClN4O/c1-5-14(15-6-8-16(19)9-7-15)10-21-18(20-4)22-11-17-23-12(2)13(3)24-17/h6-9,14H,5,10-11H2,1-4H3,(H2,20,21,22). The third kappa shape index (κ3) is 4.99. The molecule has 130 valence electrons. The van der Waals surface area contributed by atoms with Crippen molar-refractivity contribution < 1.29 is 4.42 Å². The molecule has 0 aliphatic heterocycles. The molecule has 0 radical (unpaired) electrons. The lowest BCUT2D eigenvalue weighted by atomic mass is 9.96. The molecule has 2 aromatic rings. The first-order valence-corrected chi connectivity index (χ1v) is 8.54. The largest absolute Gasteiger partial charge is 0.444 e. The predicted molar refractivity (Wildman–Crippen MR) is 98.7 cm³/mol. The van der Waals surface area contributed by atoms with Crippen LogP contribution in [0, 0.1) is 13.8 Å². The van der Waals surface area contributed by atoms with Crippen molar-refractivity contribution in [1.82, 2.24) is 15.6 Å². The summed E-state index contributed by atoms with van der Waals surface area (Å²) in [5, 5.41) is 7.35. The molecule has 2 rings (SSSR count). The van der Waals surface area contributed by atoms with Gasteiger partial charge in [-0.1, -0.05) is 30.7 Å². The molecule has 0 aliphatic carbocycles. The maximum atomic E-state index is 5.96. The summed E-state index contributed by atoms with van der Waals surface area (Å²) in [5.41, 5.74) is 2.19. The van der Waals surface area contributed by atoms with Crippen molar-refractivity contribution in [2.45, 2.75) is 39.7 Å². The number of nitrogens with zero attached hydrogens (tertiary/aromatic N) is 2. The molecule has 1 aromatic carbocycles. The fourth-order valence-corrected chi connectivity index (χ4v) is 2.57. The van der Waals surface area contributed by atoms with E-state index in [4.69, 9.17) is 16.0 Å². The highest BCUT2D eigenvalue weighted by Gasteiger charge is 2.11. The molecule has 0 spiro atoms. The van der Waals surface area contributed by atoms with Crippen molar-refractivity contribution in [3.05, 3.63) is 52.2 Å². The van der Waals surface area contributed by atoms with Crippen LogP contribution in [0.1, 0.15) is 42.2 Å². The second kappa shape index (κ2) is 8.73. The van der Waals surface area contributed by atoms with E-state index in [0.717, 1.165) is 35.4 Å². The van der Waals surface area contributed by atoms with Crippen LogP contribution in [0.3, 0.4) is 0 Å². The average Bonchev–Trinajstić information content (AvgIpc) is 2.90. The molecule has 0 saturated carbocycles. The van der Waals surface area contributed by atoms with Gasteiger partial charge in [-0.05, 0) is 38.0 Å². The van der Waals surface area contributed by atoms with Gasteiger partial charge in [0.1, 0.15) is 5.76 Å². The van der Waals surface area contributed by atoms with Crippen LogP contribution in [0.25, 0.3) is 0 Å². The van der Waals surface area contributed by atoms with Gasteiger partial charge in [0.15, 0.2) is 5.96 Å². The van der Waals surface area contributed by atoms with Crippen LogP contribution in [0.4, 0.5) is 0 Å². The van der Waals surface area contributed by atoms with Crippen molar-refractivity contribution in [2.75, 3.05) is 13.6 Å². The molecule has 0 aliphatic rings. The smallest absolute Gasteiger partial charge is 0.214 e. The van der Waals surface area contributed by atoms with Crippen LogP contribution >= 0.6 is 11.6 Å². The first-order valence-electron chi connectivity index (χ1n) is 8.16. The zero-order chi connectivity index (χ0) is 17.5. The highest BCUT2D eigenvalue weighted by molar-refractivity contribution is 6.30. The number of hydrogen-bond acceptors (Lipinski definition) is 3. The van der Waals surface area contributed by atoms with Gasteiger partial charge in [0.05, 0.1) is 12.2 Å². The van der Waals surface area contributed by atoms with Crippen molar-refractivity contribution in [3.8, 4) is 0 Å². The summed E-state index contributed by atoms with van der Waals surface area (Å²) in [7, 11) is 1.75. The quantitative estimate of drug-likeness (QED) is 0.615. The lowest BCUT2D eigenvalue weighted by Gasteiger charge is -2.18. The maximum Gasteiger partial charge on any atom is 0.214 e. The third-order valence-corrected chi connectivity index (χ3v) is 4.31. The number of guanidine groups is 1. The van der Waals surface area contributed by atoms with Crippen LogP contribution in [0.15, 0.2) is 33.7 Å². The molecule has 6 heteroatoms. The van der Waals surface area contributed by atoms with Gasteiger partial charge in [-0.3, -0.25) is 4.99 Å². The monoisotopic (exact) mass is 348 g/mol. The van der Waals surface area contributed by atoms with Crippen molar-refractivity contribution in [2.24, 2.45) is 4.99 Å². The van der Waals surface area contributed by atoms with Crippen LogP contribution in [0.5, 0.6) is 0 Å². The van der Waals surface area contributed by atoms with Crippen molar-refractivity contribution in [3.63, 3.8) is 0 Å². The minimum atomic E-state index is 0.395. The SMILES string of the molecule is CCC(CNC(=NC)NCc1nc(C)c(C)o1)c1ccc(Cl)cc1. The van der Waals surface area contributed by atoms with E-state index < -0.39 is 0 Å². The lowest BCUT2D eigenvalue weighted by Crippen LogP contribution is -2.39. The fourth-order valence-electron chi connectivity index (χ4n) is 2.45. The Labute approximate surface area is 148 Å². The molecule has 5 nitrogen and oxygen atoms in total. The summed E-state index contributed by atoms with van der Waals surface area (Å²) >= 11 is 5.96. The first kappa shape index (κ1) is 18.3. The highest BCUT2D eigenvalue weighted by Crippen LogP contribution is 2.20. The maximum absolute atomic E-state index is 5.96. The molecule has 24 heavy (non-hydrogen) atoms. The lowest BCUT2D eigenvalue weighted by molar-refractivity contribution is 0.463. The summed E-state index contributed by atoms with van der Waals surface area (Å²) in [4.78, 5) is 8.61. The second-order valence-corrected chi connectivity index (χ2v) is 6.15. The van der Waals surface area contributed by atoms with Gasteiger partial charge in [-0.2, -0.15) is 0 Å². The topological polar surface area (TPSA) is 62.5 Å². The molecule has 0 bridgehead atoms. The Bertz CT molecular complexity index is 659. The van der Waals surface area contributed by atoms with Gasteiger partial charge in [0.2, 0.25) is 5.89 Å². The number of nitrogens with one attached hydrogen (secondary N) is 2. The van der Waals surface area contributed by atoms with Crippen molar-refractivity contribution in [1.29, 1.82) is 0 Å². The van der Waals surface area contributed by atoms with Gasteiger partial charge in [-0.15, -0.1) is 0 Å². The molecule has 1 unspecified atom stereocenters. The molecular weight excluding hydrogens is 324 g/mol. The number of rotatable bonds is 6. The minimum absolute atomic E-state index is 0.395. The fraction of sp³-hybridized carbons (Fsp3) is 0.444. The Morgan fingerprint density at radius 1 is 1.25 bits per heavy atom. The Balaban J connectivity index is 1.88. The van der Waals surface area contributed by atoms with Crippen LogP contribution < -0.4 is 10.6 Å². The molecule has 2 N–H and O–H groups in total. The molecule has 0 amide bonds. The van der Waals surface area contributed by atoms with E-state index in [1.54, 1.807) is 7.05 Å². The number of benzene rings is 1. The summed E-state index contributed by atoms with van der Waals surface area (Å²) < 4.78 is 5.57. The van der Waals surface area contributed by atoms with Gasteiger partial charge in [0, 0.05) is 24.5 Å². The van der Waals surface area contributed by atoms with Gasteiger partial charge in [-0.25, -0.2) is 4.98 Å². The zero-order valence-corrected chi connectivity index (χ0v) is 15.4. The van der Waals surface area contributed by atoms with Crippen LogP contribution in [-0.4, -0.2) is 24.5 Å². The van der Waals surface area contributed by atoms with E-state index in [-0.39, 0.29) is 0 Å². The summed E-state index contributed by atoms with van der Waals surface area (Å²) in [6, 6.07) is 8.01. The second-order valence-electron chi connectivity index (χ2n) is 5.71. The zero-order valence-electron chi connectivity index (χ0n) is 14.7. The summed E-state index contributed by atoms with van der Waals surface area (Å²) in [6.45, 7) is 7.33. The number of aliphatic imine (C=N–C) groups is 1. The first-order chi connectivity index (χ1) is 11.5. The van der Waals surface area contributed by atoms with E-state index >= 15 is 0 Å². The van der Waals surface area contributed by atoms with Crippen molar-refractivity contribution >= 4 is 17.6 Å². The Kier molecular flexibility index (Phi) is 6.67. The molecule has 1 heterocycles. The molecular formula is C18H25ClN4O. The normalized spacial score (nSPS) is 13.0. The van der Waals surface area contributed by atoms with E-state index in [9.17, 15) is 0 Å². The number of oxazole rings is 1. The van der Waals surface area contributed by atoms with E-state index in [1.165, 1.54) is 5.56 Å². The van der Waals surface area contributed by atoms with E-state index in [1.807, 2.05) is 26.0 Å². The number of aryl methyl sites for hydroxylation is 2. The van der Waals surface area contributed by atoms with Crippen LogP contribution in [0.2, 0.25) is 5.02 Å². The van der Waals surface area contributed by atoms with E-state index in [2.05, 4.69) is 39.7 Å². The van der Waals surface area contributed by atoms with Gasteiger partial charge in [0.25, 0.3) is 0 Å². The summed E-state index contributed by atoms with van der Waals surface area (Å²) in [6.07, 6.45) is 1.03. The third-order valence-electron chi connectivity index (χ3n) is 4.05. The predicted octanol–water partition coefficient (Wildman–Crippen LogP) is 3.80. The van der Waals surface area contributed by atoms with Crippen LogP contribution in [-0.2, 0) is 6.54 Å². The van der Waals surface area contributed by atoms with Gasteiger partial charge < -0.3 is 15.1 Å². The molecule has 0 fully saturated rings. The molecule has 1 aromatic heterocycles. The summed E-state index contributed by atoms with van der Waals surface area (Å²) in [5.74, 6) is 2.64. The Morgan fingerprint density at radius 3 is 2.50 bits per heavy atom. The number of aromatic nitrogens is 1. The molecule has 0 saturated heterocycles. The molecule has 1 atom stereocenters. The average molecular weight is 349 g/mol. The Morgan fingerprint density at radius 2 is 1.96 bits per heavy atom. The number of hydrogen-bond donors (Lipinski definition) is 2. The Hall–Kier alpha value is -2.01. The van der Waals surface area contributed by atoms with E-state index in [0.29, 0.717) is 18.4 Å². The highest BCUT2D eigenvalue weighted by atomic mass is 35.5. The van der Waals surface area contributed by atoms with Gasteiger partial charge >= 0.3 is 0 Å².